The van der Waals surface area contributed by atoms with Crippen molar-refractivity contribution in [3.05, 3.63) is 34.9 Å². The summed E-state index contributed by atoms with van der Waals surface area (Å²) in [5.41, 5.74) is -1.09. The minimum absolute atomic E-state index is 0.0912. The zero-order valence-corrected chi connectivity index (χ0v) is 21.4. The molecule has 1 aromatic carbocycles. The lowest BCUT2D eigenvalue weighted by Gasteiger charge is -2.46. The van der Waals surface area contributed by atoms with E-state index in [0.29, 0.717) is 37.3 Å². The molecule has 1 heterocycles. The van der Waals surface area contributed by atoms with E-state index in [9.17, 15) is 5.11 Å². The number of likely N-dealkylation sites (tertiary alicyclic amines) is 1. The van der Waals surface area contributed by atoms with E-state index in [1.807, 2.05) is 31.3 Å². The largest absolute Gasteiger partial charge is 0.385 e. The van der Waals surface area contributed by atoms with Gasteiger partial charge in [0, 0.05) is 43.8 Å². The van der Waals surface area contributed by atoms with Crippen molar-refractivity contribution in [2.75, 3.05) is 40.4 Å². The summed E-state index contributed by atoms with van der Waals surface area (Å²) in [7, 11) is 3.67. The van der Waals surface area contributed by atoms with Crippen molar-refractivity contribution in [2.24, 2.45) is 5.92 Å². The zero-order valence-electron chi connectivity index (χ0n) is 20.6. The normalized spacial score (nSPS) is 24.3. The summed E-state index contributed by atoms with van der Waals surface area (Å²) < 4.78 is 20.9. The van der Waals surface area contributed by atoms with Gasteiger partial charge in [0.05, 0.1) is 5.60 Å². The number of unbranched alkanes of at least 4 members (excludes halogenated alkanes) is 1. The van der Waals surface area contributed by atoms with Gasteiger partial charge in [-0.1, -0.05) is 43.0 Å². The third kappa shape index (κ3) is 7.38. The van der Waals surface area contributed by atoms with E-state index < -0.39 is 11.3 Å². The number of nitrogens with zero attached hydrogens (tertiary/aromatic N) is 1. The number of halogens is 2. The van der Waals surface area contributed by atoms with Crippen LogP contribution in [0.1, 0.15) is 76.2 Å². The van der Waals surface area contributed by atoms with Crippen LogP contribution in [0, 0.1) is 5.92 Å². The van der Waals surface area contributed by atoms with Crippen LogP contribution in [0.25, 0.3) is 0 Å². The van der Waals surface area contributed by atoms with Crippen molar-refractivity contribution in [2.45, 2.75) is 87.9 Å². The average Bonchev–Trinajstić information content (AvgIpc) is 2.82. The number of aliphatic hydroxyl groups is 1. The van der Waals surface area contributed by atoms with Crippen LogP contribution in [0.2, 0.25) is 5.02 Å². The Bertz CT molecular complexity index is 715. The number of ether oxygens (including phenoxy) is 1. The van der Waals surface area contributed by atoms with Gasteiger partial charge in [-0.3, -0.25) is 4.90 Å². The highest BCUT2D eigenvalue weighted by atomic mass is 35.5. The van der Waals surface area contributed by atoms with E-state index in [0.717, 1.165) is 70.1 Å². The fourth-order valence-electron chi connectivity index (χ4n) is 6.09. The summed E-state index contributed by atoms with van der Waals surface area (Å²) in [6.45, 7) is 3.23. The number of hydrogen-bond donors (Lipinski definition) is 2. The van der Waals surface area contributed by atoms with E-state index in [-0.39, 0.29) is 12.0 Å². The third-order valence-electron chi connectivity index (χ3n) is 7.92. The van der Waals surface area contributed by atoms with Crippen LogP contribution in [0.15, 0.2) is 24.3 Å². The average molecular weight is 483 g/mol. The Labute approximate surface area is 205 Å². The fraction of sp³-hybridized carbons (Fsp3) is 0.778. The van der Waals surface area contributed by atoms with E-state index >= 15 is 4.39 Å². The molecule has 0 unspecified atom stereocenters. The second-order valence-electron chi connectivity index (χ2n) is 10.3. The molecule has 1 saturated heterocycles. The summed E-state index contributed by atoms with van der Waals surface area (Å²) >= 11 is 6.33. The Morgan fingerprint density at radius 2 is 2.06 bits per heavy atom. The molecular formula is C27H44ClFN2O2. The second-order valence-corrected chi connectivity index (χ2v) is 10.8. The van der Waals surface area contributed by atoms with Crippen LogP contribution < -0.4 is 5.32 Å². The molecule has 1 aliphatic carbocycles. The first-order valence-corrected chi connectivity index (χ1v) is 13.3. The van der Waals surface area contributed by atoms with Gasteiger partial charge in [-0.15, -0.1) is 0 Å². The lowest BCUT2D eigenvalue weighted by molar-refractivity contribution is -0.0718. The lowest BCUT2D eigenvalue weighted by Crippen LogP contribution is -2.53. The van der Waals surface area contributed by atoms with Gasteiger partial charge < -0.3 is 15.2 Å². The maximum Gasteiger partial charge on any atom is 0.112 e. The van der Waals surface area contributed by atoms with Crippen molar-refractivity contribution >= 4 is 11.6 Å². The summed E-state index contributed by atoms with van der Waals surface area (Å²) in [6.07, 6.45) is 9.61. The minimum atomic E-state index is -1.05. The topological polar surface area (TPSA) is 44.7 Å². The SMILES string of the molecule is CNC[C@@H](CC1(F)CCCCC1)N1CCC[C@@H]([C@@](O)(CCCCOC)c2cccc(Cl)c2)C1. The molecule has 1 aromatic rings. The molecule has 1 aliphatic heterocycles. The summed E-state index contributed by atoms with van der Waals surface area (Å²) in [5.74, 6) is 0.0912. The van der Waals surface area contributed by atoms with Crippen LogP contribution in [0.3, 0.4) is 0 Å². The van der Waals surface area contributed by atoms with E-state index in [4.69, 9.17) is 16.3 Å². The van der Waals surface area contributed by atoms with E-state index in [1.165, 1.54) is 0 Å². The van der Waals surface area contributed by atoms with Gasteiger partial charge in [0.15, 0.2) is 0 Å². The number of rotatable bonds is 12. The monoisotopic (exact) mass is 482 g/mol. The molecule has 2 fully saturated rings. The van der Waals surface area contributed by atoms with Crippen molar-refractivity contribution in [1.29, 1.82) is 0 Å². The quantitative estimate of drug-likeness (QED) is 0.375. The second kappa shape index (κ2) is 12.8. The highest BCUT2D eigenvalue weighted by Crippen LogP contribution is 2.42. The highest BCUT2D eigenvalue weighted by Gasteiger charge is 2.43. The van der Waals surface area contributed by atoms with Crippen LogP contribution >= 0.6 is 11.6 Å². The maximum absolute atomic E-state index is 15.7. The van der Waals surface area contributed by atoms with Gasteiger partial charge in [-0.2, -0.15) is 0 Å². The number of hydrogen-bond acceptors (Lipinski definition) is 4. The first-order valence-electron chi connectivity index (χ1n) is 12.9. The number of alkyl halides is 1. The number of methoxy groups -OCH3 is 1. The van der Waals surface area contributed by atoms with Crippen molar-refractivity contribution < 1.29 is 14.2 Å². The van der Waals surface area contributed by atoms with Crippen LogP contribution in [-0.2, 0) is 10.3 Å². The molecule has 3 rings (SSSR count). The standard InChI is InChI=1S/C27H44ClFN2O2/c1-30-20-25(19-26(29)13-4-3-5-14-26)31-16-9-11-23(21-31)27(32,15-6-7-17-33-2)22-10-8-12-24(28)18-22/h8,10,12,18,23,25,30,32H,3-7,9,11,13-17,19-21H2,1-2H3/t23-,25-,27-/m1/s1. The van der Waals surface area contributed by atoms with Crippen LogP contribution in [-0.4, -0.2) is 62.1 Å². The summed E-state index contributed by atoms with van der Waals surface area (Å²) in [5, 5.41) is 16.1. The Balaban J connectivity index is 1.77. The van der Waals surface area contributed by atoms with Crippen LogP contribution in [0.5, 0.6) is 0 Å². The van der Waals surface area contributed by atoms with Crippen molar-refractivity contribution in [3.63, 3.8) is 0 Å². The smallest absolute Gasteiger partial charge is 0.112 e. The Morgan fingerprint density at radius 3 is 2.76 bits per heavy atom. The molecule has 2 aliphatic rings. The summed E-state index contributed by atoms with van der Waals surface area (Å²) in [6, 6.07) is 7.86. The first kappa shape index (κ1) is 26.9. The molecule has 188 valence electrons. The predicted octanol–water partition coefficient (Wildman–Crippen LogP) is 5.71. The number of benzene rings is 1. The molecule has 6 heteroatoms. The molecule has 1 saturated carbocycles. The van der Waals surface area contributed by atoms with Crippen LogP contribution in [0.4, 0.5) is 4.39 Å². The molecular weight excluding hydrogens is 439 g/mol. The highest BCUT2D eigenvalue weighted by molar-refractivity contribution is 6.30. The molecule has 0 bridgehead atoms. The van der Waals surface area contributed by atoms with Gasteiger partial charge in [-0.25, -0.2) is 4.39 Å². The Kier molecular flexibility index (Phi) is 10.4. The van der Waals surface area contributed by atoms with Gasteiger partial charge >= 0.3 is 0 Å². The van der Waals surface area contributed by atoms with Gasteiger partial charge in [0.2, 0.25) is 0 Å². The predicted molar refractivity (Wildman–Crippen MR) is 135 cm³/mol. The molecule has 0 amide bonds. The molecule has 3 atom stereocenters. The molecule has 0 radical (unpaired) electrons. The van der Waals surface area contributed by atoms with Crippen molar-refractivity contribution in [1.82, 2.24) is 10.2 Å². The molecule has 0 spiro atoms. The lowest BCUT2D eigenvalue weighted by atomic mass is 9.73. The minimum Gasteiger partial charge on any atom is -0.385 e. The fourth-order valence-corrected chi connectivity index (χ4v) is 6.28. The zero-order chi connectivity index (χ0) is 23.7. The Morgan fingerprint density at radius 1 is 1.27 bits per heavy atom. The third-order valence-corrected chi connectivity index (χ3v) is 8.15. The van der Waals surface area contributed by atoms with Crippen molar-refractivity contribution in [3.8, 4) is 0 Å². The molecule has 4 nitrogen and oxygen atoms in total. The Hall–Kier alpha value is -0.720. The van der Waals surface area contributed by atoms with Gasteiger partial charge in [-0.05, 0) is 82.7 Å². The first-order chi connectivity index (χ1) is 15.9. The van der Waals surface area contributed by atoms with E-state index in [2.05, 4.69) is 10.2 Å². The summed E-state index contributed by atoms with van der Waals surface area (Å²) in [4.78, 5) is 2.45. The van der Waals surface area contributed by atoms with Gasteiger partial charge in [0.25, 0.3) is 0 Å². The number of piperidine rings is 1. The van der Waals surface area contributed by atoms with Gasteiger partial charge in [0.1, 0.15) is 5.67 Å². The number of nitrogens with one attached hydrogen (secondary N) is 1. The molecule has 33 heavy (non-hydrogen) atoms. The maximum atomic E-state index is 15.7. The van der Waals surface area contributed by atoms with E-state index in [1.54, 1.807) is 7.11 Å². The number of likely N-dealkylation sites (N-methyl/N-ethyl adjacent to an activating group) is 1. The molecule has 2 N–H and O–H groups in total. The molecule has 0 aromatic heterocycles.